The fourth-order valence-corrected chi connectivity index (χ4v) is 8.02. The van der Waals surface area contributed by atoms with Gasteiger partial charge in [0.05, 0.1) is 0 Å². The summed E-state index contributed by atoms with van der Waals surface area (Å²) in [5.41, 5.74) is 0.425. The Hall–Kier alpha value is 0.0569. The minimum Gasteiger partial charge on any atom is -0.420 e. The quantitative estimate of drug-likeness (QED) is 0.191. The van der Waals surface area contributed by atoms with Crippen molar-refractivity contribution in [1.29, 1.82) is 0 Å². The monoisotopic (exact) mass is 457 g/mol. The highest BCUT2D eigenvalue weighted by atomic mass is 28.4. The Labute approximate surface area is 198 Å². The topological polar surface area (TPSA) is 19.0 Å². The summed E-state index contributed by atoms with van der Waals surface area (Å²) in [4.78, 5) is 7.89. The number of rotatable bonds is 21. The lowest BCUT2D eigenvalue weighted by Gasteiger charge is -2.41. The second-order valence-corrected chi connectivity index (χ2v) is 14.1. The van der Waals surface area contributed by atoms with E-state index >= 15 is 0 Å². The summed E-state index contributed by atoms with van der Waals surface area (Å²) in [6.07, 6.45) is 5.34. The maximum atomic E-state index is 6.24. The Morgan fingerprint density at radius 2 is 0.871 bits per heavy atom. The molecule has 0 fully saturated rings. The lowest BCUT2D eigenvalue weighted by atomic mass is 9.75. The molecule has 0 spiro atoms. The highest BCUT2D eigenvalue weighted by Crippen LogP contribution is 2.40. The van der Waals surface area contributed by atoms with Crippen LogP contribution in [0.5, 0.6) is 0 Å². The molecule has 0 saturated heterocycles. The molecule has 0 heterocycles. The summed E-state index contributed by atoms with van der Waals surface area (Å²) in [5, 5.41) is 0. The zero-order valence-corrected chi connectivity index (χ0v) is 24.1. The first-order chi connectivity index (χ1) is 14.9. The first-order valence-electron chi connectivity index (χ1n) is 13.6. The Bertz CT molecular complexity index is 356. The molecule has 4 nitrogen and oxygen atoms in total. The van der Waals surface area contributed by atoms with E-state index in [1.807, 2.05) is 7.11 Å². The van der Waals surface area contributed by atoms with E-state index in [-0.39, 0.29) is 0 Å². The second kappa shape index (κ2) is 17.5. The van der Waals surface area contributed by atoms with Crippen molar-refractivity contribution in [1.82, 2.24) is 14.7 Å². The fourth-order valence-electron chi connectivity index (χ4n) is 5.04. The van der Waals surface area contributed by atoms with Crippen LogP contribution in [0.25, 0.3) is 0 Å². The molecule has 0 aliphatic rings. The summed E-state index contributed by atoms with van der Waals surface area (Å²) >= 11 is 0. The van der Waals surface area contributed by atoms with Gasteiger partial charge in [-0.15, -0.1) is 0 Å². The van der Waals surface area contributed by atoms with Crippen LogP contribution in [0.1, 0.15) is 81.1 Å². The Kier molecular flexibility index (Phi) is 17.6. The minimum absolute atomic E-state index is 0.425. The normalized spacial score (nSPS) is 13.2. The van der Waals surface area contributed by atoms with Crippen molar-refractivity contribution in [3.8, 4) is 0 Å². The van der Waals surface area contributed by atoms with E-state index in [0.717, 1.165) is 0 Å². The van der Waals surface area contributed by atoms with Gasteiger partial charge in [0.1, 0.15) is 0 Å². The third-order valence-corrected chi connectivity index (χ3v) is 13.0. The Morgan fingerprint density at radius 3 is 1.10 bits per heavy atom. The molecule has 0 N–H and O–H groups in total. The fraction of sp³-hybridized carbons (Fsp3) is 1.00. The van der Waals surface area contributed by atoms with Crippen molar-refractivity contribution < 1.29 is 4.43 Å². The molecule has 0 atom stereocenters. The van der Waals surface area contributed by atoms with Crippen molar-refractivity contribution in [3.63, 3.8) is 0 Å². The van der Waals surface area contributed by atoms with E-state index in [9.17, 15) is 0 Å². The summed E-state index contributed by atoms with van der Waals surface area (Å²) in [7, 11) is 0.402. The van der Waals surface area contributed by atoms with Crippen LogP contribution in [0.3, 0.4) is 0 Å². The number of hydrogen-bond donors (Lipinski definition) is 0. The van der Waals surface area contributed by atoms with Gasteiger partial charge in [-0.3, -0.25) is 0 Å². The first kappa shape index (κ1) is 31.1. The van der Waals surface area contributed by atoms with E-state index < -0.39 is 8.32 Å². The van der Waals surface area contributed by atoms with E-state index in [2.05, 4.69) is 70.1 Å². The largest absolute Gasteiger partial charge is 0.420 e. The van der Waals surface area contributed by atoms with Gasteiger partial charge < -0.3 is 19.1 Å². The van der Waals surface area contributed by atoms with Crippen LogP contribution in [0.2, 0.25) is 18.1 Å². The highest BCUT2D eigenvalue weighted by molar-refractivity contribution is 6.73. The van der Waals surface area contributed by atoms with Gasteiger partial charge in [-0.25, -0.2) is 0 Å². The average Bonchev–Trinajstić information content (AvgIpc) is 2.82. The van der Waals surface area contributed by atoms with E-state index in [1.165, 1.54) is 103 Å². The van der Waals surface area contributed by atoms with E-state index in [1.54, 1.807) is 0 Å². The van der Waals surface area contributed by atoms with Crippen molar-refractivity contribution in [3.05, 3.63) is 0 Å². The van der Waals surface area contributed by atoms with Crippen LogP contribution >= 0.6 is 0 Å². The molecule has 0 aliphatic heterocycles. The van der Waals surface area contributed by atoms with E-state index in [4.69, 9.17) is 4.43 Å². The molecule has 0 saturated carbocycles. The molecule has 0 unspecified atom stereocenters. The molecule has 0 aliphatic carbocycles. The molecule has 31 heavy (non-hydrogen) atoms. The van der Waals surface area contributed by atoms with Crippen LogP contribution < -0.4 is 0 Å². The molecule has 5 heteroatoms. The molecular weight excluding hydrogens is 398 g/mol. The van der Waals surface area contributed by atoms with Crippen molar-refractivity contribution >= 4 is 8.32 Å². The molecule has 188 valence electrons. The number of hydrogen-bond acceptors (Lipinski definition) is 4. The van der Waals surface area contributed by atoms with Crippen molar-refractivity contribution in [2.45, 2.75) is 99.2 Å². The SMILES string of the molecule is CCN(CC)CCC(CCN(CC)CC)(CCN(CC)CC)CC[Si](CC)(CC)OC. The molecule has 0 radical (unpaired) electrons. The van der Waals surface area contributed by atoms with Gasteiger partial charge in [0.2, 0.25) is 0 Å². The lowest BCUT2D eigenvalue weighted by Crippen LogP contribution is -2.41. The van der Waals surface area contributed by atoms with Gasteiger partial charge in [-0.1, -0.05) is 55.4 Å². The third-order valence-electron chi connectivity index (χ3n) is 8.39. The predicted octanol–water partition coefficient (Wildman–Crippen LogP) is 6.19. The zero-order chi connectivity index (χ0) is 23.8. The third kappa shape index (κ3) is 11.2. The molecular formula is C26H59N3OSi. The lowest BCUT2D eigenvalue weighted by molar-refractivity contribution is 0.122. The standard InChI is InChI=1S/C26H59N3OSi/c1-10-27(11-2)22-18-26(19-23-28(12-3)13-4,20-24-29(14-5)15-6)21-25-31(16-7,17-8)30-9/h10-25H2,1-9H3. The maximum Gasteiger partial charge on any atom is 0.191 e. The molecule has 0 rings (SSSR count). The number of nitrogens with zero attached hydrogens (tertiary/aromatic N) is 3. The molecule has 0 amide bonds. The van der Waals surface area contributed by atoms with Crippen LogP contribution in [0, 0.1) is 5.41 Å². The first-order valence-corrected chi connectivity index (χ1v) is 16.1. The summed E-state index contributed by atoms with van der Waals surface area (Å²) in [6, 6.07) is 3.82. The maximum absolute atomic E-state index is 6.24. The summed E-state index contributed by atoms with van der Waals surface area (Å²) in [5.74, 6) is 0. The van der Waals surface area contributed by atoms with Crippen LogP contribution in [0.15, 0.2) is 0 Å². The average molecular weight is 458 g/mol. The zero-order valence-electron chi connectivity index (χ0n) is 23.1. The Morgan fingerprint density at radius 1 is 0.548 bits per heavy atom. The Balaban J connectivity index is 5.74. The molecule has 0 aromatic carbocycles. The van der Waals surface area contributed by atoms with Gasteiger partial charge in [0.15, 0.2) is 8.32 Å². The van der Waals surface area contributed by atoms with Crippen LogP contribution in [-0.4, -0.2) is 89.0 Å². The molecule has 0 aromatic heterocycles. The molecule has 0 aromatic rings. The van der Waals surface area contributed by atoms with Crippen LogP contribution in [-0.2, 0) is 4.43 Å². The minimum atomic E-state index is -1.59. The van der Waals surface area contributed by atoms with Crippen LogP contribution in [0.4, 0.5) is 0 Å². The van der Waals surface area contributed by atoms with Gasteiger partial charge in [-0.2, -0.15) is 0 Å². The second-order valence-electron chi connectivity index (χ2n) is 9.42. The van der Waals surface area contributed by atoms with Gasteiger partial charge in [0.25, 0.3) is 0 Å². The smallest absolute Gasteiger partial charge is 0.191 e. The predicted molar refractivity (Wildman–Crippen MR) is 143 cm³/mol. The van der Waals surface area contributed by atoms with Gasteiger partial charge >= 0.3 is 0 Å². The van der Waals surface area contributed by atoms with Crippen molar-refractivity contribution in [2.24, 2.45) is 5.41 Å². The molecule has 0 bridgehead atoms. The highest BCUT2D eigenvalue weighted by Gasteiger charge is 2.36. The van der Waals surface area contributed by atoms with Crippen molar-refractivity contribution in [2.75, 3.05) is 66.0 Å². The van der Waals surface area contributed by atoms with E-state index in [0.29, 0.717) is 5.41 Å². The van der Waals surface area contributed by atoms with Gasteiger partial charge in [-0.05, 0) is 108 Å². The summed E-state index contributed by atoms with van der Waals surface area (Å²) < 4.78 is 6.24. The van der Waals surface area contributed by atoms with Gasteiger partial charge in [0, 0.05) is 7.11 Å². The summed E-state index contributed by atoms with van der Waals surface area (Å²) in [6.45, 7) is 29.3.